The van der Waals surface area contributed by atoms with Crippen molar-refractivity contribution in [3.63, 3.8) is 0 Å². The van der Waals surface area contributed by atoms with Gasteiger partial charge in [0, 0.05) is 25.5 Å². The summed E-state index contributed by atoms with van der Waals surface area (Å²) in [7, 11) is 0. The summed E-state index contributed by atoms with van der Waals surface area (Å²) in [6.45, 7) is 1.73. The summed E-state index contributed by atoms with van der Waals surface area (Å²) in [5, 5.41) is 21.6. The number of pyridine rings is 1. The first kappa shape index (κ1) is 11.9. The Balaban J connectivity index is 1.60. The minimum absolute atomic E-state index is 0.267. The van der Waals surface area contributed by atoms with Crippen LogP contribution >= 0.6 is 0 Å². The fourth-order valence-corrected chi connectivity index (χ4v) is 2.78. The van der Waals surface area contributed by atoms with E-state index in [9.17, 15) is 0 Å². The first-order chi connectivity index (χ1) is 10.3. The lowest BCUT2D eigenvalue weighted by molar-refractivity contribution is 0.494. The molecule has 0 amide bonds. The number of fused-ring (bicyclic) bond motifs is 1. The molecule has 1 atom stereocenters. The standard InChI is InChI=1S/C14H13N7/c15-7-11-8-16-21(9-11)12-4-6-19(10-12)14-18-17-13-3-1-2-5-20(13)14/h1-3,5,8-9,12H,4,6,10H2. The van der Waals surface area contributed by atoms with Crippen LogP contribution in [-0.4, -0.2) is 37.5 Å². The van der Waals surface area contributed by atoms with Gasteiger partial charge >= 0.3 is 0 Å². The average molecular weight is 279 g/mol. The van der Waals surface area contributed by atoms with Gasteiger partial charge in [0.05, 0.1) is 17.8 Å². The second kappa shape index (κ2) is 4.59. The highest BCUT2D eigenvalue weighted by Gasteiger charge is 2.27. The molecular formula is C14H13N7. The number of hydrogen-bond donors (Lipinski definition) is 0. The lowest BCUT2D eigenvalue weighted by Gasteiger charge is -2.16. The van der Waals surface area contributed by atoms with Crippen LogP contribution in [0.4, 0.5) is 5.95 Å². The number of hydrogen-bond acceptors (Lipinski definition) is 5. The molecule has 7 heteroatoms. The molecule has 0 spiro atoms. The molecule has 7 nitrogen and oxygen atoms in total. The summed E-state index contributed by atoms with van der Waals surface area (Å²) < 4.78 is 3.87. The molecule has 0 bridgehead atoms. The average Bonchev–Trinajstić information content (AvgIpc) is 3.24. The largest absolute Gasteiger partial charge is 0.338 e. The van der Waals surface area contributed by atoms with E-state index in [-0.39, 0.29) is 6.04 Å². The van der Waals surface area contributed by atoms with Crippen molar-refractivity contribution < 1.29 is 0 Å². The zero-order chi connectivity index (χ0) is 14.2. The van der Waals surface area contributed by atoms with Gasteiger partial charge in [0.1, 0.15) is 6.07 Å². The molecule has 3 aromatic heterocycles. The molecule has 21 heavy (non-hydrogen) atoms. The van der Waals surface area contributed by atoms with Crippen LogP contribution in [0.5, 0.6) is 0 Å². The Kier molecular flexibility index (Phi) is 2.60. The van der Waals surface area contributed by atoms with Crippen molar-refractivity contribution in [1.82, 2.24) is 24.4 Å². The van der Waals surface area contributed by atoms with Crippen molar-refractivity contribution in [1.29, 1.82) is 5.26 Å². The van der Waals surface area contributed by atoms with Gasteiger partial charge in [-0.1, -0.05) is 6.07 Å². The van der Waals surface area contributed by atoms with Crippen LogP contribution in [-0.2, 0) is 0 Å². The van der Waals surface area contributed by atoms with E-state index in [0.717, 1.165) is 31.1 Å². The van der Waals surface area contributed by atoms with Gasteiger partial charge in [-0.15, -0.1) is 10.2 Å². The molecule has 0 N–H and O–H groups in total. The maximum Gasteiger partial charge on any atom is 0.231 e. The van der Waals surface area contributed by atoms with E-state index in [2.05, 4.69) is 26.3 Å². The van der Waals surface area contributed by atoms with Gasteiger partial charge in [-0.05, 0) is 18.6 Å². The molecule has 0 radical (unpaired) electrons. The molecule has 0 aromatic carbocycles. The Morgan fingerprint density at radius 2 is 2.24 bits per heavy atom. The first-order valence-electron chi connectivity index (χ1n) is 6.84. The maximum absolute atomic E-state index is 8.88. The van der Waals surface area contributed by atoms with Gasteiger partial charge in [-0.3, -0.25) is 9.08 Å². The molecular weight excluding hydrogens is 266 g/mol. The third-order valence-electron chi connectivity index (χ3n) is 3.85. The van der Waals surface area contributed by atoms with E-state index in [1.54, 1.807) is 12.4 Å². The number of rotatable bonds is 2. The normalized spacial score (nSPS) is 18.2. The molecule has 0 saturated carbocycles. The second-order valence-electron chi connectivity index (χ2n) is 5.14. The van der Waals surface area contributed by atoms with E-state index >= 15 is 0 Å². The topological polar surface area (TPSA) is 75.0 Å². The smallest absolute Gasteiger partial charge is 0.231 e. The van der Waals surface area contributed by atoms with Crippen LogP contribution in [0.2, 0.25) is 0 Å². The lowest BCUT2D eigenvalue weighted by Crippen LogP contribution is -2.23. The van der Waals surface area contributed by atoms with Crippen molar-refractivity contribution >= 4 is 11.6 Å². The van der Waals surface area contributed by atoms with E-state index in [0.29, 0.717) is 5.56 Å². The molecule has 4 rings (SSSR count). The quantitative estimate of drug-likeness (QED) is 0.705. The Labute approximate surface area is 121 Å². The van der Waals surface area contributed by atoms with E-state index in [4.69, 9.17) is 5.26 Å². The molecule has 104 valence electrons. The monoisotopic (exact) mass is 279 g/mol. The highest BCUT2D eigenvalue weighted by molar-refractivity contribution is 5.46. The van der Waals surface area contributed by atoms with Crippen LogP contribution in [0.3, 0.4) is 0 Å². The van der Waals surface area contributed by atoms with Crippen molar-refractivity contribution in [2.45, 2.75) is 12.5 Å². The molecule has 1 unspecified atom stereocenters. The summed E-state index contributed by atoms with van der Waals surface area (Å²) in [4.78, 5) is 2.21. The lowest BCUT2D eigenvalue weighted by atomic mass is 10.3. The first-order valence-corrected chi connectivity index (χ1v) is 6.84. The second-order valence-corrected chi connectivity index (χ2v) is 5.14. The van der Waals surface area contributed by atoms with E-state index in [1.807, 2.05) is 33.5 Å². The van der Waals surface area contributed by atoms with Crippen LogP contribution < -0.4 is 4.90 Å². The minimum Gasteiger partial charge on any atom is -0.338 e. The Morgan fingerprint density at radius 1 is 1.29 bits per heavy atom. The fourth-order valence-electron chi connectivity index (χ4n) is 2.78. The summed E-state index contributed by atoms with van der Waals surface area (Å²) in [5.74, 6) is 0.862. The number of nitriles is 1. The van der Waals surface area contributed by atoms with Crippen molar-refractivity contribution in [2.24, 2.45) is 0 Å². The summed E-state index contributed by atoms with van der Waals surface area (Å²) >= 11 is 0. The zero-order valence-corrected chi connectivity index (χ0v) is 11.3. The van der Waals surface area contributed by atoms with Gasteiger partial charge in [0.15, 0.2) is 5.65 Å². The predicted octanol–water partition coefficient (Wildman–Crippen LogP) is 1.25. The van der Waals surface area contributed by atoms with Crippen LogP contribution in [0, 0.1) is 11.3 Å². The van der Waals surface area contributed by atoms with E-state index < -0.39 is 0 Å². The predicted molar refractivity (Wildman–Crippen MR) is 75.8 cm³/mol. The number of aromatic nitrogens is 5. The number of anilines is 1. The molecule has 1 fully saturated rings. The van der Waals surface area contributed by atoms with Crippen LogP contribution in [0.25, 0.3) is 5.65 Å². The third-order valence-corrected chi connectivity index (χ3v) is 3.85. The molecule has 1 aliphatic heterocycles. The van der Waals surface area contributed by atoms with Crippen molar-refractivity contribution in [3.05, 3.63) is 42.4 Å². The fraction of sp³-hybridized carbons (Fsp3) is 0.286. The molecule has 4 heterocycles. The van der Waals surface area contributed by atoms with Gasteiger partial charge in [-0.2, -0.15) is 10.4 Å². The van der Waals surface area contributed by atoms with Gasteiger partial charge < -0.3 is 4.90 Å². The molecule has 3 aromatic rings. The summed E-state index contributed by atoms with van der Waals surface area (Å²) in [6, 6.07) is 8.24. The van der Waals surface area contributed by atoms with Crippen molar-refractivity contribution in [3.8, 4) is 6.07 Å². The minimum atomic E-state index is 0.267. The summed E-state index contributed by atoms with van der Waals surface area (Å²) in [5.41, 5.74) is 1.45. The molecule has 1 aliphatic rings. The van der Waals surface area contributed by atoms with Gasteiger partial charge in [-0.25, -0.2) is 0 Å². The van der Waals surface area contributed by atoms with E-state index in [1.165, 1.54) is 0 Å². The molecule has 0 aliphatic carbocycles. The van der Waals surface area contributed by atoms with Crippen LogP contribution in [0.15, 0.2) is 36.8 Å². The Morgan fingerprint density at radius 3 is 3.10 bits per heavy atom. The third kappa shape index (κ3) is 1.92. The Bertz CT molecular complexity index is 825. The van der Waals surface area contributed by atoms with Gasteiger partial charge in [0.2, 0.25) is 5.95 Å². The maximum atomic E-state index is 8.88. The molecule has 1 saturated heterocycles. The SMILES string of the molecule is N#Cc1cnn(C2CCN(c3nnc4ccccn34)C2)c1. The highest BCUT2D eigenvalue weighted by Crippen LogP contribution is 2.25. The zero-order valence-electron chi connectivity index (χ0n) is 11.3. The number of nitrogens with zero attached hydrogens (tertiary/aromatic N) is 7. The summed E-state index contributed by atoms with van der Waals surface area (Å²) in [6.07, 6.45) is 6.36. The van der Waals surface area contributed by atoms with Gasteiger partial charge in [0.25, 0.3) is 0 Å². The Hall–Kier alpha value is -2.88. The van der Waals surface area contributed by atoms with Crippen molar-refractivity contribution in [2.75, 3.05) is 18.0 Å². The highest BCUT2D eigenvalue weighted by atomic mass is 15.4. The van der Waals surface area contributed by atoms with Crippen LogP contribution in [0.1, 0.15) is 18.0 Å².